The summed E-state index contributed by atoms with van der Waals surface area (Å²) in [4.78, 5) is 34.9. The number of benzene rings is 1. The Bertz CT molecular complexity index is 924. The summed E-state index contributed by atoms with van der Waals surface area (Å²) in [6, 6.07) is 7.57. The van der Waals surface area contributed by atoms with Crippen LogP contribution in [-0.4, -0.2) is 47.9 Å². The SMILES string of the molecule is CCC(=O)N1CCN(c2nc3c(s2)CC(C(=O)NCc2cccc(Cl)c2)CC3)CC1. The van der Waals surface area contributed by atoms with Crippen molar-refractivity contribution in [2.45, 2.75) is 39.2 Å². The molecule has 30 heavy (non-hydrogen) atoms. The highest BCUT2D eigenvalue weighted by Gasteiger charge is 2.29. The van der Waals surface area contributed by atoms with Crippen LogP contribution >= 0.6 is 22.9 Å². The van der Waals surface area contributed by atoms with Crippen molar-refractivity contribution < 1.29 is 9.59 Å². The van der Waals surface area contributed by atoms with E-state index in [9.17, 15) is 9.59 Å². The predicted octanol–water partition coefficient (Wildman–Crippen LogP) is 3.28. The summed E-state index contributed by atoms with van der Waals surface area (Å²) in [5, 5.41) is 4.77. The molecule has 1 aliphatic heterocycles. The molecule has 1 aromatic carbocycles. The third-order valence-electron chi connectivity index (χ3n) is 5.86. The molecule has 1 fully saturated rings. The summed E-state index contributed by atoms with van der Waals surface area (Å²) in [5.41, 5.74) is 2.15. The number of fused-ring (bicyclic) bond motifs is 1. The maximum atomic E-state index is 12.7. The summed E-state index contributed by atoms with van der Waals surface area (Å²) in [5.74, 6) is 0.311. The molecule has 2 aliphatic rings. The van der Waals surface area contributed by atoms with Gasteiger partial charge < -0.3 is 15.1 Å². The second-order valence-electron chi connectivity index (χ2n) is 7.88. The number of hydrogen-bond donors (Lipinski definition) is 1. The molecule has 1 atom stereocenters. The Kier molecular flexibility index (Phi) is 6.58. The lowest BCUT2D eigenvalue weighted by atomic mass is 9.90. The Labute approximate surface area is 186 Å². The van der Waals surface area contributed by atoms with E-state index in [1.54, 1.807) is 11.3 Å². The molecule has 8 heteroatoms. The van der Waals surface area contributed by atoms with E-state index in [1.807, 2.05) is 36.1 Å². The summed E-state index contributed by atoms with van der Waals surface area (Å²) in [6.07, 6.45) is 2.99. The van der Waals surface area contributed by atoms with Gasteiger partial charge in [0.2, 0.25) is 11.8 Å². The highest BCUT2D eigenvalue weighted by molar-refractivity contribution is 7.15. The molecule has 1 saturated heterocycles. The van der Waals surface area contributed by atoms with E-state index in [0.29, 0.717) is 18.0 Å². The molecule has 0 radical (unpaired) electrons. The van der Waals surface area contributed by atoms with Gasteiger partial charge in [0.1, 0.15) is 0 Å². The number of aromatic nitrogens is 1. The molecule has 160 valence electrons. The van der Waals surface area contributed by atoms with Gasteiger partial charge in [-0.2, -0.15) is 0 Å². The van der Waals surface area contributed by atoms with Crippen molar-refractivity contribution in [2.75, 3.05) is 31.1 Å². The Morgan fingerprint density at radius 2 is 2.07 bits per heavy atom. The van der Waals surface area contributed by atoms with Gasteiger partial charge in [0.15, 0.2) is 5.13 Å². The number of thiazole rings is 1. The van der Waals surface area contributed by atoms with Gasteiger partial charge in [-0.1, -0.05) is 30.7 Å². The molecule has 0 saturated carbocycles. The van der Waals surface area contributed by atoms with Crippen LogP contribution in [0.3, 0.4) is 0 Å². The van der Waals surface area contributed by atoms with E-state index < -0.39 is 0 Å². The van der Waals surface area contributed by atoms with E-state index in [2.05, 4.69) is 10.2 Å². The first kappa shape index (κ1) is 21.1. The first-order chi connectivity index (χ1) is 14.5. The maximum absolute atomic E-state index is 12.7. The maximum Gasteiger partial charge on any atom is 0.223 e. The molecule has 0 bridgehead atoms. The zero-order chi connectivity index (χ0) is 21.1. The standard InChI is InChI=1S/C22H27ClN4O2S/c1-2-20(28)26-8-10-27(11-9-26)22-25-18-7-6-16(13-19(18)30-22)21(29)24-14-15-4-3-5-17(23)12-15/h3-5,12,16H,2,6-11,13-14H2,1H3,(H,24,29). The lowest BCUT2D eigenvalue weighted by Gasteiger charge is -2.34. The van der Waals surface area contributed by atoms with Crippen LogP contribution in [0.2, 0.25) is 5.02 Å². The Morgan fingerprint density at radius 3 is 2.80 bits per heavy atom. The molecule has 0 spiro atoms. The zero-order valence-corrected chi connectivity index (χ0v) is 18.8. The monoisotopic (exact) mass is 446 g/mol. The van der Waals surface area contributed by atoms with Crippen LogP contribution in [0.4, 0.5) is 5.13 Å². The van der Waals surface area contributed by atoms with Crippen molar-refractivity contribution in [3.8, 4) is 0 Å². The number of nitrogens with zero attached hydrogens (tertiary/aromatic N) is 3. The van der Waals surface area contributed by atoms with E-state index in [0.717, 1.165) is 61.8 Å². The van der Waals surface area contributed by atoms with Gasteiger partial charge in [0, 0.05) is 55.0 Å². The third-order valence-corrected chi connectivity index (χ3v) is 7.28. The van der Waals surface area contributed by atoms with Gasteiger partial charge in [-0.05, 0) is 37.0 Å². The second-order valence-corrected chi connectivity index (χ2v) is 9.37. The zero-order valence-electron chi connectivity index (χ0n) is 17.2. The number of aryl methyl sites for hydroxylation is 1. The minimum atomic E-state index is -0.0102. The fourth-order valence-electron chi connectivity index (χ4n) is 4.07. The van der Waals surface area contributed by atoms with E-state index in [-0.39, 0.29) is 17.7 Å². The van der Waals surface area contributed by atoms with Gasteiger partial charge in [-0.3, -0.25) is 9.59 Å². The number of piperazine rings is 1. The highest BCUT2D eigenvalue weighted by atomic mass is 35.5. The number of nitrogens with one attached hydrogen (secondary N) is 1. The van der Waals surface area contributed by atoms with Crippen LogP contribution in [0.15, 0.2) is 24.3 Å². The number of amides is 2. The average molecular weight is 447 g/mol. The van der Waals surface area contributed by atoms with E-state index in [1.165, 1.54) is 4.88 Å². The molecule has 2 heterocycles. The number of hydrogen-bond acceptors (Lipinski definition) is 5. The van der Waals surface area contributed by atoms with Crippen LogP contribution in [0.1, 0.15) is 35.9 Å². The van der Waals surface area contributed by atoms with Gasteiger partial charge in [-0.15, -0.1) is 11.3 Å². The van der Waals surface area contributed by atoms with Crippen LogP contribution in [-0.2, 0) is 29.0 Å². The lowest BCUT2D eigenvalue weighted by molar-refractivity contribution is -0.131. The van der Waals surface area contributed by atoms with Crippen LogP contribution in [0, 0.1) is 5.92 Å². The summed E-state index contributed by atoms with van der Waals surface area (Å²) in [6.45, 7) is 5.56. The Morgan fingerprint density at radius 1 is 1.27 bits per heavy atom. The van der Waals surface area contributed by atoms with Gasteiger partial charge >= 0.3 is 0 Å². The van der Waals surface area contributed by atoms with Gasteiger partial charge in [0.25, 0.3) is 0 Å². The Balaban J connectivity index is 1.33. The summed E-state index contributed by atoms with van der Waals surface area (Å²) < 4.78 is 0. The second kappa shape index (κ2) is 9.35. The fourth-order valence-corrected chi connectivity index (χ4v) is 5.52. The molecule has 1 aromatic heterocycles. The quantitative estimate of drug-likeness (QED) is 0.765. The van der Waals surface area contributed by atoms with Crippen molar-refractivity contribution in [1.82, 2.24) is 15.2 Å². The molecule has 6 nitrogen and oxygen atoms in total. The third kappa shape index (κ3) is 4.78. The molecule has 1 aliphatic carbocycles. The molecular weight excluding hydrogens is 420 g/mol. The van der Waals surface area contributed by atoms with Crippen LogP contribution < -0.4 is 10.2 Å². The first-order valence-corrected chi connectivity index (χ1v) is 11.8. The van der Waals surface area contributed by atoms with Crippen molar-refractivity contribution in [3.05, 3.63) is 45.4 Å². The number of carbonyl (C=O) groups is 2. The number of carbonyl (C=O) groups excluding carboxylic acids is 2. The van der Waals surface area contributed by atoms with E-state index in [4.69, 9.17) is 16.6 Å². The van der Waals surface area contributed by atoms with E-state index >= 15 is 0 Å². The number of anilines is 1. The summed E-state index contributed by atoms with van der Waals surface area (Å²) >= 11 is 7.73. The highest BCUT2D eigenvalue weighted by Crippen LogP contribution is 2.34. The fraction of sp³-hybridized carbons (Fsp3) is 0.500. The van der Waals surface area contributed by atoms with Crippen LogP contribution in [0.25, 0.3) is 0 Å². The van der Waals surface area contributed by atoms with Crippen molar-refractivity contribution >= 4 is 39.9 Å². The minimum Gasteiger partial charge on any atom is -0.352 e. The minimum absolute atomic E-state index is 0.0102. The molecule has 1 unspecified atom stereocenters. The van der Waals surface area contributed by atoms with Gasteiger partial charge in [-0.25, -0.2) is 4.98 Å². The predicted molar refractivity (Wildman–Crippen MR) is 120 cm³/mol. The molecule has 2 amide bonds. The average Bonchev–Trinajstić information content (AvgIpc) is 3.20. The van der Waals surface area contributed by atoms with Crippen molar-refractivity contribution in [3.63, 3.8) is 0 Å². The normalized spacial score (nSPS) is 18.8. The molecule has 4 rings (SSSR count). The lowest BCUT2D eigenvalue weighted by Crippen LogP contribution is -2.48. The molecular formula is C22H27ClN4O2S. The topological polar surface area (TPSA) is 65.5 Å². The van der Waals surface area contributed by atoms with Crippen LogP contribution in [0.5, 0.6) is 0 Å². The summed E-state index contributed by atoms with van der Waals surface area (Å²) in [7, 11) is 0. The smallest absolute Gasteiger partial charge is 0.223 e. The first-order valence-electron chi connectivity index (χ1n) is 10.6. The Hall–Kier alpha value is -2.12. The van der Waals surface area contributed by atoms with Gasteiger partial charge in [0.05, 0.1) is 5.69 Å². The van der Waals surface area contributed by atoms with Crippen molar-refractivity contribution in [2.24, 2.45) is 5.92 Å². The number of rotatable bonds is 5. The largest absolute Gasteiger partial charge is 0.352 e. The number of halogens is 1. The van der Waals surface area contributed by atoms with Crippen molar-refractivity contribution in [1.29, 1.82) is 0 Å². The molecule has 1 N–H and O–H groups in total. The molecule has 2 aromatic rings.